The Balaban J connectivity index is 2.22. The molecule has 1 aromatic rings. The van der Waals surface area contributed by atoms with Gasteiger partial charge in [0.15, 0.2) is 11.5 Å². The molecular weight excluding hydrogens is 348 g/mol. The van der Waals surface area contributed by atoms with Crippen LogP contribution in [0.4, 0.5) is 0 Å². The minimum absolute atomic E-state index is 0.203. The van der Waals surface area contributed by atoms with Crippen molar-refractivity contribution in [2.24, 2.45) is 0 Å². The molecule has 0 unspecified atom stereocenters. The number of hydrogen-bond acceptors (Lipinski definition) is 6. The summed E-state index contributed by atoms with van der Waals surface area (Å²) in [5.41, 5.74) is 0. The lowest BCUT2D eigenvalue weighted by atomic mass is 10.2. The predicted octanol–water partition coefficient (Wildman–Crippen LogP) is 4.68. The Morgan fingerprint density at radius 3 is 2.00 bits per heavy atom. The molecule has 0 amide bonds. The van der Waals surface area contributed by atoms with E-state index in [2.05, 4.69) is 6.92 Å². The lowest BCUT2D eigenvalue weighted by Crippen LogP contribution is -2.10. The van der Waals surface area contributed by atoms with Crippen LogP contribution in [0, 0.1) is 0 Å². The molecule has 0 atom stereocenters. The second-order valence-electron chi connectivity index (χ2n) is 6.31. The molecule has 0 bridgehead atoms. The zero-order chi connectivity index (χ0) is 19.9. The molecule has 27 heavy (non-hydrogen) atoms. The predicted molar refractivity (Wildman–Crippen MR) is 103 cm³/mol. The van der Waals surface area contributed by atoms with Crippen molar-refractivity contribution < 1.29 is 28.5 Å². The van der Waals surface area contributed by atoms with Crippen LogP contribution >= 0.6 is 0 Å². The average Bonchev–Trinajstić information content (AvgIpc) is 2.68. The third-order valence-electron chi connectivity index (χ3n) is 4.12. The van der Waals surface area contributed by atoms with E-state index in [1.807, 2.05) is 0 Å². The number of rotatable bonds is 14. The number of ether oxygens (including phenoxy) is 4. The van der Waals surface area contributed by atoms with E-state index in [0.717, 1.165) is 12.8 Å². The normalized spacial score (nSPS) is 10.3. The van der Waals surface area contributed by atoms with E-state index in [0.29, 0.717) is 37.4 Å². The number of carbonyl (C=O) groups is 2. The van der Waals surface area contributed by atoms with Crippen LogP contribution < -0.4 is 14.2 Å². The van der Waals surface area contributed by atoms with Crippen LogP contribution in [0.2, 0.25) is 0 Å². The van der Waals surface area contributed by atoms with Crippen molar-refractivity contribution in [3.63, 3.8) is 0 Å². The van der Waals surface area contributed by atoms with Crippen molar-refractivity contribution in [3.05, 3.63) is 18.2 Å². The molecule has 0 N–H and O–H groups in total. The molecule has 0 saturated heterocycles. The summed E-state index contributed by atoms with van der Waals surface area (Å²) >= 11 is 0. The first-order valence-electron chi connectivity index (χ1n) is 9.69. The molecule has 0 aliphatic carbocycles. The summed E-state index contributed by atoms with van der Waals surface area (Å²) in [5.74, 6) is 0.553. The van der Waals surface area contributed by atoms with Crippen molar-refractivity contribution in [1.82, 2.24) is 0 Å². The molecule has 152 valence electrons. The van der Waals surface area contributed by atoms with Gasteiger partial charge in [-0.3, -0.25) is 9.59 Å². The Labute approximate surface area is 162 Å². The fourth-order valence-electron chi connectivity index (χ4n) is 2.59. The first-order chi connectivity index (χ1) is 13.1. The highest BCUT2D eigenvalue weighted by Gasteiger charge is 2.15. The van der Waals surface area contributed by atoms with E-state index >= 15 is 0 Å². The smallest absolute Gasteiger partial charge is 0.311 e. The summed E-state index contributed by atoms with van der Waals surface area (Å²) in [7, 11) is 3.00. The van der Waals surface area contributed by atoms with Crippen LogP contribution in [-0.4, -0.2) is 32.8 Å². The third kappa shape index (κ3) is 9.31. The lowest BCUT2D eigenvalue weighted by molar-refractivity contribution is -0.144. The Morgan fingerprint density at radius 1 is 0.815 bits per heavy atom. The fraction of sp³-hybridized carbons (Fsp3) is 0.619. The van der Waals surface area contributed by atoms with E-state index in [9.17, 15) is 9.59 Å². The minimum Gasteiger partial charge on any atom is -0.493 e. The highest BCUT2D eigenvalue weighted by atomic mass is 16.6. The maximum absolute atomic E-state index is 12.0. The maximum Gasteiger partial charge on any atom is 0.311 e. The molecule has 0 fully saturated rings. The summed E-state index contributed by atoms with van der Waals surface area (Å²) in [6.45, 7) is 2.65. The van der Waals surface area contributed by atoms with E-state index in [4.69, 9.17) is 18.9 Å². The molecule has 6 nitrogen and oxygen atoms in total. The highest BCUT2D eigenvalue weighted by molar-refractivity contribution is 5.74. The molecular formula is C21H32O6. The van der Waals surface area contributed by atoms with Crippen molar-refractivity contribution in [2.75, 3.05) is 20.8 Å². The number of carbonyl (C=O) groups excluding carboxylic acids is 2. The van der Waals surface area contributed by atoms with Crippen molar-refractivity contribution in [2.45, 2.75) is 64.7 Å². The largest absolute Gasteiger partial charge is 0.493 e. The van der Waals surface area contributed by atoms with Crippen LogP contribution in [-0.2, 0) is 14.3 Å². The zero-order valence-corrected chi connectivity index (χ0v) is 16.8. The molecule has 1 rings (SSSR count). The summed E-state index contributed by atoms with van der Waals surface area (Å²) in [4.78, 5) is 23.7. The van der Waals surface area contributed by atoms with Gasteiger partial charge in [0, 0.05) is 12.8 Å². The topological polar surface area (TPSA) is 71.1 Å². The number of benzene rings is 1. The Bertz CT molecular complexity index is 548. The lowest BCUT2D eigenvalue weighted by Gasteiger charge is -2.12. The van der Waals surface area contributed by atoms with Gasteiger partial charge in [0.25, 0.3) is 0 Å². The Hall–Kier alpha value is -2.24. The number of para-hydroxylation sites is 1. The second kappa shape index (κ2) is 13.9. The van der Waals surface area contributed by atoms with Crippen molar-refractivity contribution in [3.8, 4) is 17.2 Å². The number of unbranched alkanes of at least 4 members (excludes halogenated alkanes) is 5. The molecule has 1 aromatic carbocycles. The van der Waals surface area contributed by atoms with Gasteiger partial charge in [-0.25, -0.2) is 0 Å². The minimum atomic E-state index is -0.387. The molecule has 6 heteroatoms. The first-order valence-corrected chi connectivity index (χ1v) is 9.69. The monoisotopic (exact) mass is 380 g/mol. The van der Waals surface area contributed by atoms with Gasteiger partial charge in [0.2, 0.25) is 5.75 Å². The van der Waals surface area contributed by atoms with E-state index in [-0.39, 0.29) is 24.1 Å². The SMILES string of the molecule is CCCCCCCOC(=O)CCCCC(=O)Oc1c(OC)cccc1OC. The van der Waals surface area contributed by atoms with Gasteiger partial charge in [-0.05, 0) is 31.4 Å². The third-order valence-corrected chi connectivity index (χ3v) is 4.12. The van der Waals surface area contributed by atoms with Crippen LogP contribution in [0.5, 0.6) is 17.2 Å². The highest BCUT2D eigenvalue weighted by Crippen LogP contribution is 2.37. The van der Waals surface area contributed by atoms with Crippen molar-refractivity contribution >= 4 is 11.9 Å². The van der Waals surface area contributed by atoms with Gasteiger partial charge in [0.05, 0.1) is 20.8 Å². The first kappa shape index (κ1) is 22.8. The molecule has 0 spiro atoms. The fourth-order valence-corrected chi connectivity index (χ4v) is 2.59. The summed E-state index contributed by atoms with van der Waals surface area (Å²) in [6, 6.07) is 5.15. The second-order valence-corrected chi connectivity index (χ2v) is 6.31. The van der Waals surface area contributed by atoms with Gasteiger partial charge < -0.3 is 18.9 Å². The van der Waals surface area contributed by atoms with Crippen LogP contribution in [0.1, 0.15) is 64.7 Å². The van der Waals surface area contributed by atoms with Gasteiger partial charge >= 0.3 is 11.9 Å². The molecule has 0 heterocycles. The molecule has 0 radical (unpaired) electrons. The molecule has 0 aliphatic rings. The van der Waals surface area contributed by atoms with Crippen LogP contribution in [0.25, 0.3) is 0 Å². The molecule has 0 saturated carbocycles. The molecule has 0 aromatic heterocycles. The number of esters is 2. The zero-order valence-electron chi connectivity index (χ0n) is 16.8. The summed E-state index contributed by atoms with van der Waals surface area (Å²) < 4.78 is 21.0. The van der Waals surface area contributed by atoms with E-state index in [1.165, 1.54) is 33.5 Å². The average molecular weight is 380 g/mol. The standard InChI is InChI=1S/C21H32O6/c1-4-5-6-7-10-16-26-19(22)14-8-9-15-20(23)27-21-17(24-2)12-11-13-18(21)25-3/h11-13H,4-10,14-16H2,1-3H3. The van der Waals surface area contributed by atoms with Gasteiger partial charge in [-0.15, -0.1) is 0 Å². The van der Waals surface area contributed by atoms with E-state index in [1.54, 1.807) is 18.2 Å². The quantitative estimate of drug-likeness (QED) is 0.265. The Morgan fingerprint density at radius 2 is 1.41 bits per heavy atom. The van der Waals surface area contributed by atoms with Gasteiger partial charge in [-0.2, -0.15) is 0 Å². The van der Waals surface area contributed by atoms with Crippen LogP contribution in [0.3, 0.4) is 0 Å². The summed E-state index contributed by atoms with van der Waals surface area (Å²) in [5, 5.41) is 0. The van der Waals surface area contributed by atoms with Crippen molar-refractivity contribution in [1.29, 1.82) is 0 Å². The molecule has 0 aliphatic heterocycles. The van der Waals surface area contributed by atoms with E-state index < -0.39 is 0 Å². The number of hydrogen-bond donors (Lipinski definition) is 0. The number of methoxy groups -OCH3 is 2. The van der Waals surface area contributed by atoms with Gasteiger partial charge in [-0.1, -0.05) is 38.7 Å². The summed E-state index contributed by atoms with van der Waals surface area (Å²) in [6.07, 6.45) is 7.31. The Kier molecular flexibility index (Phi) is 11.7. The maximum atomic E-state index is 12.0. The van der Waals surface area contributed by atoms with Gasteiger partial charge in [0.1, 0.15) is 0 Å². The van der Waals surface area contributed by atoms with Crippen LogP contribution in [0.15, 0.2) is 18.2 Å².